The van der Waals surface area contributed by atoms with Crippen LogP contribution in [-0.4, -0.2) is 18.3 Å². The minimum atomic E-state index is -9.78. The molecule has 1 heterocycles. The molecule has 0 fully saturated rings. The van der Waals surface area contributed by atoms with E-state index in [1.165, 1.54) is 6.07 Å². The Kier molecular flexibility index (Phi) is 2.89. The smallest absolute Gasteiger partial charge is 0.311 e. The van der Waals surface area contributed by atoms with Gasteiger partial charge in [-0.25, -0.2) is 4.99 Å². The van der Waals surface area contributed by atoms with Gasteiger partial charge in [0, 0.05) is 10.2 Å². The van der Waals surface area contributed by atoms with Gasteiger partial charge in [-0.05, 0) is 34.1 Å². The minimum Gasteiger partial charge on any atom is -0.385 e. The summed E-state index contributed by atoms with van der Waals surface area (Å²) in [6.45, 7) is 0.104. The Morgan fingerprint density at radius 1 is 1.20 bits per heavy atom. The minimum absolute atomic E-state index is 0.0297. The SMILES string of the molecule is NC1=NC(Nc2ccc(Br)c(S(F)(F)(F)(F)F)c2)=NC1. The second-order valence-electron chi connectivity index (χ2n) is 3.98. The van der Waals surface area contributed by atoms with Gasteiger partial charge in [0.05, 0.1) is 0 Å². The van der Waals surface area contributed by atoms with E-state index in [1.807, 2.05) is 0 Å². The summed E-state index contributed by atoms with van der Waals surface area (Å²) in [6.07, 6.45) is 0. The molecule has 0 saturated heterocycles. The van der Waals surface area contributed by atoms with Gasteiger partial charge in [0.2, 0.25) is 5.96 Å². The molecule has 0 spiro atoms. The summed E-state index contributed by atoms with van der Waals surface area (Å²) in [7, 11) is -9.78. The van der Waals surface area contributed by atoms with Crippen molar-refractivity contribution in [3.05, 3.63) is 22.7 Å². The quantitative estimate of drug-likeness (QED) is 0.755. The molecule has 2 rings (SSSR count). The summed E-state index contributed by atoms with van der Waals surface area (Å²) in [5.74, 6) is 0.149. The molecule has 0 amide bonds. The molecule has 112 valence electrons. The van der Waals surface area contributed by atoms with Gasteiger partial charge in [0.15, 0.2) is 0 Å². The average molecular weight is 379 g/mol. The predicted molar refractivity (Wildman–Crippen MR) is 73.1 cm³/mol. The standard InChI is InChI=1S/C9H8BrF5N4S/c10-6-2-1-5(18-9-17-4-8(16)19-9)3-7(6)20(11,12,13,14)15/h1-3H,4H2,(H3,16,17,18,19). The van der Waals surface area contributed by atoms with Gasteiger partial charge in [-0.2, -0.15) is 4.99 Å². The second kappa shape index (κ2) is 3.85. The number of halogens is 6. The number of guanidine groups is 1. The number of hydrogen-bond acceptors (Lipinski definition) is 4. The van der Waals surface area contributed by atoms with Crippen LogP contribution in [0.15, 0.2) is 37.6 Å². The first-order chi connectivity index (χ1) is 8.85. The lowest BCUT2D eigenvalue weighted by Crippen LogP contribution is -2.13. The first-order valence-corrected chi connectivity index (χ1v) is 7.78. The molecular weight excluding hydrogens is 371 g/mol. The highest BCUT2D eigenvalue weighted by Gasteiger charge is 2.66. The summed E-state index contributed by atoms with van der Waals surface area (Å²) < 4.78 is 63.4. The average Bonchev–Trinajstić information content (AvgIpc) is 2.63. The van der Waals surface area contributed by atoms with Crippen LogP contribution in [0.2, 0.25) is 0 Å². The van der Waals surface area contributed by atoms with Crippen LogP contribution in [0.3, 0.4) is 0 Å². The normalized spacial score (nSPS) is 18.9. The van der Waals surface area contributed by atoms with Crippen LogP contribution in [0.1, 0.15) is 0 Å². The summed E-state index contributed by atoms with van der Waals surface area (Å²) >= 11 is 2.48. The van der Waals surface area contributed by atoms with Crippen molar-refractivity contribution in [1.82, 2.24) is 0 Å². The molecule has 0 radical (unpaired) electrons. The van der Waals surface area contributed by atoms with Crippen LogP contribution in [0.25, 0.3) is 0 Å². The van der Waals surface area contributed by atoms with E-state index in [4.69, 9.17) is 5.73 Å². The van der Waals surface area contributed by atoms with Crippen molar-refractivity contribution < 1.29 is 19.4 Å². The van der Waals surface area contributed by atoms with Crippen molar-refractivity contribution in [2.24, 2.45) is 15.7 Å². The predicted octanol–water partition coefficient (Wildman–Crippen LogP) is 4.25. The first-order valence-electron chi connectivity index (χ1n) is 5.03. The van der Waals surface area contributed by atoms with Crippen LogP contribution < -0.4 is 11.1 Å². The second-order valence-corrected chi connectivity index (χ2v) is 7.21. The number of nitrogens with one attached hydrogen (secondary N) is 1. The lowest BCUT2D eigenvalue weighted by atomic mass is 10.3. The van der Waals surface area contributed by atoms with E-state index >= 15 is 0 Å². The fourth-order valence-electron chi connectivity index (χ4n) is 1.44. The van der Waals surface area contributed by atoms with E-state index in [2.05, 4.69) is 31.2 Å². The Morgan fingerprint density at radius 2 is 1.85 bits per heavy atom. The topological polar surface area (TPSA) is 62.8 Å². The van der Waals surface area contributed by atoms with Crippen molar-refractivity contribution >= 4 is 43.6 Å². The zero-order valence-corrected chi connectivity index (χ0v) is 12.0. The fraction of sp³-hybridized carbons (Fsp3) is 0.111. The molecule has 0 aromatic heterocycles. The summed E-state index contributed by atoms with van der Waals surface area (Å²) in [6, 6.07) is 2.36. The van der Waals surface area contributed by atoms with Gasteiger partial charge in [-0.3, -0.25) is 0 Å². The van der Waals surface area contributed by atoms with Gasteiger partial charge >= 0.3 is 10.2 Å². The highest BCUT2D eigenvalue weighted by molar-refractivity contribution is 9.10. The summed E-state index contributed by atoms with van der Waals surface area (Å²) in [4.78, 5) is 5.45. The zero-order valence-electron chi connectivity index (χ0n) is 9.59. The largest absolute Gasteiger partial charge is 0.385 e. The molecule has 0 saturated carbocycles. The van der Waals surface area contributed by atoms with Crippen LogP contribution >= 0.6 is 26.2 Å². The number of hydrogen-bond donors (Lipinski definition) is 2. The fourth-order valence-corrected chi connectivity index (χ4v) is 3.39. The number of amidine groups is 1. The third-order valence-corrected chi connectivity index (χ3v) is 4.37. The lowest BCUT2D eigenvalue weighted by Gasteiger charge is -2.41. The molecule has 11 heteroatoms. The maximum Gasteiger partial charge on any atom is 0.311 e. The van der Waals surface area contributed by atoms with Gasteiger partial charge in [0.1, 0.15) is 17.3 Å². The molecule has 1 aliphatic rings. The zero-order chi connectivity index (χ0) is 15.2. The van der Waals surface area contributed by atoms with Crippen molar-refractivity contribution in [3.8, 4) is 0 Å². The molecule has 3 N–H and O–H groups in total. The Morgan fingerprint density at radius 3 is 2.35 bits per heavy atom. The maximum absolute atomic E-state index is 12.8. The highest BCUT2D eigenvalue weighted by Crippen LogP contribution is 3.02. The van der Waals surface area contributed by atoms with E-state index in [0.717, 1.165) is 6.07 Å². The monoisotopic (exact) mass is 378 g/mol. The van der Waals surface area contributed by atoms with E-state index in [-0.39, 0.29) is 24.0 Å². The van der Waals surface area contributed by atoms with Crippen LogP contribution in [-0.2, 0) is 0 Å². The molecule has 0 atom stereocenters. The van der Waals surface area contributed by atoms with Crippen LogP contribution in [0.4, 0.5) is 25.1 Å². The molecule has 0 aliphatic carbocycles. The molecular formula is C9H8BrF5N4S. The number of anilines is 1. The summed E-state index contributed by atoms with van der Waals surface area (Å²) in [5.41, 5.74) is 5.12. The van der Waals surface area contributed by atoms with Crippen LogP contribution in [0, 0.1) is 0 Å². The maximum atomic E-state index is 12.8. The molecule has 1 aromatic rings. The molecule has 0 unspecified atom stereocenters. The van der Waals surface area contributed by atoms with Gasteiger partial charge in [-0.1, -0.05) is 19.4 Å². The van der Waals surface area contributed by atoms with Crippen molar-refractivity contribution in [2.45, 2.75) is 4.90 Å². The molecule has 4 nitrogen and oxygen atoms in total. The summed E-state index contributed by atoms with van der Waals surface area (Å²) in [5, 5.41) is 2.39. The molecule has 1 aromatic carbocycles. The first kappa shape index (κ1) is 15.0. The van der Waals surface area contributed by atoms with E-state index in [9.17, 15) is 19.4 Å². The number of nitrogens with zero attached hydrogens (tertiary/aromatic N) is 2. The van der Waals surface area contributed by atoms with Crippen molar-refractivity contribution in [3.63, 3.8) is 0 Å². The van der Waals surface area contributed by atoms with Crippen molar-refractivity contribution in [2.75, 3.05) is 11.9 Å². The number of aliphatic imine (C=N–C) groups is 2. The Bertz CT molecular complexity index is 639. The van der Waals surface area contributed by atoms with Gasteiger partial charge in [0.25, 0.3) is 0 Å². The number of nitrogens with two attached hydrogens (primary N) is 1. The molecule has 1 aliphatic heterocycles. The van der Waals surface area contributed by atoms with Crippen molar-refractivity contribution in [1.29, 1.82) is 0 Å². The highest BCUT2D eigenvalue weighted by atomic mass is 79.9. The van der Waals surface area contributed by atoms with E-state index < -0.39 is 19.6 Å². The lowest BCUT2D eigenvalue weighted by molar-refractivity contribution is 0.363. The Labute approximate surface area is 118 Å². The van der Waals surface area contributed by atoms with Gasteiger partial charge < -0.3 is 11.1 Å². The molecule has 20 heavy (non-hydrogen) atoms. The van der Waals surface area contributed by atoms with E-state index in [1.54, 1.807) is 0 Å². The number of benzene rings is 1. The third kappa shape index (κ3) is 3.39. The number of rotatable bonds is 2. The third-order valence-electron chi connectivity index (χ3n) is 2.24. The Balaban J connectivity index is 2.41. The van der Waals surface area contributed by atoms with E-state index in [0.29, 0.717) is 6.07 Å². The van der Waals surface area contributed by atoms with Gasteiger partial charge in [-0.15, -0.1) is 0 Å². The molecule has 0 bridgehead atoms. The van der Waals surface area contributed by atoms with Crippen LogP contribution in [0.5, 0.6) is 0 Å². The Hall–Kier alpha value is -1.36.